The summed E-state index contributed by atoms with van der Waals surface area (Å²) < 4.78 is 31.6. The lowest BCUT2D eigenvalue weighted by atomic mass is 9.98. The number of alkyl carbamates (subject to hydrolysis) is 1. The van der Waals surface area contributed by atoms with Crippen LogP contribution in [-0.2, 0) is 4.74 Å². The first-order valence-corrected chi connectivity index (χ1v) is 6.35. The largest absolute Gasteiger partial charge is 0.444 e. The summed E-state index contributed by atoms with van der Waals surface area (Å²) in [5, 5.41) is 2.53. The van der Waals surface area contributed by atoms with Gasteiger partial charge in [-0.1, -0.05) is 6.07 Å². The van der Waals surface area contributed by atoms with Crippen molar-refractivity contribution in [2.45, 2.75) is 32.3 Å². The summed E-state index contributed by atoms with van der Waals surface area (Å²) in [4.78, 5) is 11.5. The predicted octanol–water partition coefficient (Wildman–Crippen LogP) is 2.53. The van der Waals surface area contributed by atoms with Crippen LogP contribution in [0.4, 0.5) is 13.6 Å². The highest BCUT2D eigenvalue weighted by molar-refractivity contribution is 5.67. The Morgan fingerprint density at radius 3 is 2.55 bits per heavy atom. The number of benzene rings is 1. The molecule has 0 aromatic heterocycles. The molecular formula is C14H20F2N2O2. The van der Waals surface area contributed by atoms with E-state index in [9.17, 15) is 13.6 Å². The molecule has 1 rings (SSSR count). The molecule has 1 aromatic carbocycles. The summed E-state index contributed by atoms with van der Waals surface area (Å²) in [5.74, 6) is -1.77. The van der Waals surface area contributed by atoms with Crippen LogP contribution in [-0.4, -0.2) is 24.8 Å². The summed E-state index contributed by atoms with van der Waals surface area (Å²) in [6.07, 6.45) is -0.599. The molecule has 3 N–H and O–H groups in total. The lowest BCUT2D eigenvalue weighted by molar-refractivity contribution is 0.0524. The summed E-state index contributed by atoms with van der Waals surface area (Å²) in [6, 6.07) is 3.29. The quantitative estimate of drug-likeness (QED) is 0.894. The first-order valence-electron chi connectivity index (χ1n) is 6.35. The third kappa shape index (κ3) is 5.13. The van der Waals surface area contributed by atoms with Gasteiger partial charge in [0.1, 0.15) is 17.2 Å². The van der Waals surface area contributed by atoms with E-state index in [0.29, 0.717) is 0 Å². The van der Waals surface area contributed by atoms with Gasteiger partial charge in [0.15, 0.2) is 0 Å². The van der Waals surface area contributed by atoms with Crippen LogP contribution in [0, 0.1) is 11.6 Å². The molecule has 1 atom stereocenters. The van der Waals surface area contributed by atoms with Crippen molar-refractivity contribution < 1.29 is 18.3 Å². The summed E-state index contributed by atoms with van der Waals surface area (Å²) in [7, 11) is 0. The molecule has 0 fully saturated rings. The normalized spacial score (nSPS) is 12.9. The Bertz CT molecular complexity index is 473. The zero-order chi connectivity index (χ0) is 15.3. The monoisotopic (exact) mass is 286 g/mol. The number of hydrogen-bond donors (Lipinski definition) is 2. The number of rotatable bonds is 4. The minimum absolute atomic E-state index is 0.119. The Balaban J connectivity index is 2.66. The lowest BCUT2D eigenvalue weighted by Gasteiger charge is -2.21. The van der Waals surface area contributed by atoms with Crippen molar-refractivity contribution in [2.24, 2.45) is 5.73 Å². The van der Waals surface area contributed by atoms with Crippen molar-refractivity contribution in [2.75, 3.05) is 13.1 Å². The zero-order valence-electron chi connectivity index (χ0n) is 11.9. The molecule has 6 heteroatoms. The molecule has 0 bridgehead atoms. The van der Waals surface area contributed by atoms with Gasteiger partial charge in [-0.3, -0.25) is 0 Å². The Morgan fingerprint density at radius 2 is 2.05 bits per heavy atom. The van der Waals surface area contributed by atoms with E-state index in [0.717, 1.165) is 12.1 Å². The van der Waals surface area contributed by atoms with Gasteiger partial charge in [0.2, 0.25) is 0 Å². The Hall–Kier alpha value is -1.69. The highest BCUT2D eigenvalue weighted by atomic mass is 19.1. The minimum Gasteiger partial charge on any atom is -0.444 e. The van der Waals surface area contributed by atoms with Gasteiger partial charge in [-0.25, -0.2) is 13.6 Å². The van der Waals surface area contributed by atoms with Crippen LogP contribution in [0.5, 0.6) is 0 Å². The van der Waals surface area contributed by atoms with Crippen molar-refractivity contribution in [3.8, 4) is 0 Å². The van der Waals surface area contributed by atoms with E-state index in [-0.39, 0.29) is 18.7 Å². The maximum Gasteiger partial charge on any atom is 0.407 e. The molecule has 1 aromatic rings. The minimum atomic E-state index is -0.675. The number of carbonyl (C=O) groups excluding carboxylic acids is 1. The second-order valence-electron chi connectivity index (χ2n) is 5.48. The molecule has 0 saturated heterocycles. The lowest BCUT2D eigenvalue weighted by Crippen LogP contribution is -2.36. The average Bonchev–Trinajstić information content (AvgIpc) is 2.29. The van der Waals surface area contributed by atoms with E-state index in [4.69, 9.17) is 10.5 Å². The molecule has 0 aliphatic heterocycles. The molecule has 0 saturated carbocycles. The van der Waals surface area contributed by atoms with Crippen molar-refractivity contribution >= 4 is 6.09 Å². The fraction of sp³-hybridized carbons (Fsp3) is 0.500. The van der Waals surface area contributed by atoms with E-state index in [2.05, 4.69) is 5.32 Å². The van der Waals surface area contributed by atoms with Crippen LogP contribution < -0.4 is 11.1 Å². The van der Waals surface area contributed by atoms with Gasteiger partial charge < -0.3 is 15.8 Å². The number of nitrogens with two attached hydrogens (primary N) is 1. The van der Waals surface area contributed by atoms with Crippen LogP contribution >= 0.6 is 0 Å². The number of nitrogens with one attached hydrogen (secondary N) is 1. The molecule has 0 aliphatic rings. The third-order valence-electron chi connectivity index (χ3n) is 2.58. The molecule has 4 nitrogen and oxygen atoms in total. The number of ether oxygens (including phenoxy) is 1. The van der Waals surface area contributed by atoms with Crippen LogP contribution in [0.2, 0.25) is 0 Å². The van der Waals surface area contributed by atoms with Gasteiger partial charge in [0.05, 0.1) is 0 Å². The van der Waals surface area contributed by atoms with E-state index < -0.39 is 29.2 Å². The van der Waals surface area contributed by atoms with Crippen molar-refractivity contribution in [3.05, 3.63) is 35.4 Å². The number of hydrogen-bond acceptors (Lipinski definition) is 3. The molecular weight excluding hydrogens is 266 g/mol. The average molecular weight is 286 g/mol. The molecule has 20 heavy (non-hydrogen) atoms. The van der Waals surface area contributed by atoms with Crippen molar-refractivity contribution in [1.82, 2.24) is 5.32 Å². The van der Waals surface area contributed by atoms with E-state index in [1.54, 1.807) is 20.8 Å². The Morgan fingerprint density at radius 1 is 1.40 bits per heavy atom. The van der Waals surface area contributed by atoms with Gasteiger partial charge in [-0.15, -0.1) is 0 Å². The maximum atomic E-state index is 13.6. The molecule has 0 heterocycles. The molecule has 0 spiro atoms. The fourth-order valence-electron chi connectivity index (χ4n) is 1.67. The van der Waals surface area contributed by atoms with E-state index >= 15 is 0 Å². The Labute approximate surface area is 117 Å². The van der Waals surface area contributed by atoms with Crippen LogP contribution in [0.1, 0.15) is 32.3 Å². The SMILES string of the molecule is CC(C)(C)OC(=O)NCC(CN)c1ccc(F)cc1F. The third-order valence-corrected chi connectivity index (χ3v) is 2.58. The summed E-state index contributed by atoms with van der Waals surface area (Å²) in [6.45, 7) is 5.47. The summed E-state index contributed by atoms with van der Waals surface area (Å²) in [5.41, 5.74) is 5.23. The number of halogens is 2. The Kier molecular flexibility index (Phi) is 5.44. The first-order chi connectivity index (χ1) is 9.23. The summed E-state index contributed by atoms with van der Waals surface area (Å²) >= 11 is 0. The number of amides is 1. The maximum absolute atomic E-state index is 13.6. The molecule has 0 radical (unpaired) electrons. The van der Waals surface area contributed by atoms with Gasteiger partial charge in [0, 0.05) is 25.1 Å². The molecule has 0 aliphatic carbocycles. The van der Waals surface area contributed by atoms with E-state index in [1.807, 2.05) is 0 Å². The van der Waals surface area contributed by atoms with Gasteiger partial charge >= 0.3 is 6.09 Å². The van der Waals surface area contributed by atoms with Crippen LogP contribution in [0.25, 0.3) is 0 Å². The highest BCUT2D eigenvalue weighted by Gasteiger charge is 2.19. The highest BCUT2D eigenvalue weighted by Crippen LogP contribution is 2.19. The first kappa shape index (κ1) is 16.4. The molecule has 112 valence electrons. The standard InChI is InChI=1S/C14H20F2N2O2/c1-14(2,3)20-13(19)18-8-9(7-17)11-5-4-10(15)6-12(11)16/h4-6,9H,7-8,17H2,1-3H3,(H,18,19). The molecule has 1 amide bonds. The van der Waals surface area contributed by atoms with Crippen LogP contribution in [0.3, 0.4) is 0 Å². The second kappa shape index (κ2) is 6.65. The predicted molar refractivity (Wildman–Crippen MR) is 72.4 cm³/mol. The van der Waals surface area contributed by atoms with Crippen molar-refractivity contribution in [1.29, 1.82) is 0 Å². The fourth-order valence-corrected chi connectivity index (χ4v) is 1.67. The zero-order valence-corrected chi connectivity index (χ0v) is 11.9. The van der Waals surface area contributed by atoms with E-state index in [1.165, 1.54) is 6.07 Å². The second-order valence-corrected chi connectivity index (χ2v) is 5.48. The van der Waals surface area contributed by atoms with Gasteiger partial charge in [0.25, 0.3) is 0 Å². The van der Waals surface area contributed by atoms with Gasteiger partial charge in [-0.05, 0) is 32.4 Å². The smallest absolute Gasteiger partial charge is 0.407 e. The topological polar surface area (TPSA) is 64.3 Å². The van der Waals surface area contributed by atoms with Gasteiger partial charge in [-0.2, -0.15) is 0 Å². The number of carbonyl (C=O) groups is 1. The van der Waals surface area contributed by atoms with Crippen molar-refractivity contribution in [3.63, 3.8) is 0 Å². The molecule has 1 unspecified atom stereocenters. The van der Waals surface area contributed by atoms with Crippen LogP contribution in [0.15, 0.2) is 18.2 Å².